The summed E-state index contributed by atoms with van der Waals surface area (Å²) in [7, 11) is 0. The minimum atomic E-state index is -1.04. The van der Waals surface area contributed by atoms with E-state index in [1.54, 1.807) is 12.1 Å². The summed E-state index contributed by atoms with van der Waals surface area (Å²) in [5.41, 5.74) is 3.24. The molecule has 2 N–H and O–H groups in total. The Kier molecular flexibility index (Phi) is 5.18. The van der Waals surface area contributed by atoms with E-state index in [0.29, 0.717) is 22.4 Å². The van der Waals surface area contributed by atoms with Gasteiger partial charge >= 0.3 is 5.97 Å². The molecular formula is C22H22ClNO4. The van der Waals surface area contributed by atoms with E-state index in [1.165, 1.54) is 36.6 Å². The number of hydrogen-bond donors (Lipinski definition) is 2. The van der Waals surface area contributed by atoms with Gasteiger partial charge in [0.1, 0.15) is 17.2 Å². The van der Waals surface area contributed by atoms with Crippen molar-refractivity contribution in [3.8, 4) is 17.2 Å². The van der Waals surface area contributed by atoms with Crippen molar-refractivity contribution in [2.24, 2.45) is 0 Å². The number of halogens is 1. The third-order valence-corrected chi connectivity index (χ3v) is 5.55. The molecule has 1 aromatic heterocycles. The quantitative estimate of drug-likeness (QED) is 0.529. The van der Waals surface area contributed by atoms with E-state index in [1.807, 2.05) is 19.1 Å². The molecule has 1 fully saturated rings. The van der Waals surface area contributed by atoms with Crippen LogP contribution >= 0.6 is 11.6 Å². The number of carboxylic acid groups (broad SMARTS) is 1. The maximum absolute atomic E-state index is 10.7. The average molecular weight is 400 g/mol. The molecule has 0 radical (unpaired) electrons. The minimum absolute atomic E-state index is 0.380. The van der Waals surface area contributed by atoms with Crippen LogP contribution in [0.1, 0.15) is 42.7 Å². The summed E-state index contributed by atoms with van der Waals surface area (Å²) in [6.07, 6.45) is 7.18. The fraction of sp³-hybridized carbons (Fsp3) is 0.318. The Labute approximate surface area is 168 Å². The lowest BCUT2D eigenvalue weighted by atomic mass is 9.97. The number of aromatic nitrogens is 1. The maximum Gasteiger partial charge on any atom is 0.341 e. The number of carboxylic acids is 1. The summed E-state index contributed by atoms with van der Waals surface area (Å²) in [6.45, 7) is 1.44. The van der Waals surface area contributed by atoms with Crippen molar-refractivity contribution in [2.75, 3.05) is 6.61 Å². The van der Waals surface area contributed by atoms with Crippen molar-refractivity contribution in [1.82, 2.24) is 4.98 Å². The zero-order chi connectivity index (χ0) is 19.7. The van der Waals surface area contributed by atoms with E-state index in [0.717, 1.165) is 16.8 Å². The minimum Gasteiger partial charge on any atom is -0.482 e. The van der Waals surface area contributed by atoms with Crippen LogP contribution in [0.3, 0.4) is 0 Å². The number of carbonyl (C=O) groups is 1. The fourth-order valence-corrected chi connectivity index (χ4v) is 4.23. The van der Waals surface area contributed by atoms with Crippen molar-refractivity contribution < 1.29 is 19.4 Å². The molecule has 1 aliphatic rings. The zero-order valence-electron chi connectivity index (χ0n) is 15.6. The van der Waals surface area contributed by atoms with Gasteiger partial charge in [0, 0.05) is 23.2 Å². The Morgan fingerprint density at radius 1 is 1.21 bits per heavy atom. The molecule has 0 aliphatic heterocycles. The van der Waals surface area contributed by atoms with Gasteiger partial charge in [0.2, 0.25) is 0 Å². The first-order valence-corrected chi connectivity index (χ1v) is 9.82. The molecule has 1 saturated carbocycles. The average Bonchev–Trinajstić information content (AvgIpc) is 3.32. The molecule has 0 bridgehead atoms. The smallest absolute Gasteiger partial charge is 0.341 e. The lowest BCUT2D eigenvalue weighted by molar-refractivity contribution is -0.139. The molecule has 6 heteroatoms. The van der Waals surface area contributed by atoms with Gasteiger partial charge in [0.25, 0.3) is 0 Å². The second kappa shape index (κ2) is 7.76. The first-order chi connectivity index (χ1) is 13.5. The number of H-pyrrole nitrogens is 1. The lowest BCUT2D eigenvalue weighted by Gasteiger charge is -2.14. The zero-order valence-corrected chi connectivity index (χ0v) is 16.4. The molecule has 1 heterocycles. The molecule has 0 amide bonds. The standard InChI is InChI=1S/C22H22ClNO4/c1-13-8-16(27-12-21(25)26)10-19(23)22(13)28-15-6-7-20-17(9-15)18(11-24-20)14-4-2-3-5-14/h6-11,14,24H,2-5,12H2,1H3,(H,25,26). The third kappa shape index (κ3) is 3.80. The van der Waals surface area contributed by atoms with Crippen LogP contribution in [-0.2, 0) is 4.79 Å². The summed E-state index contributed by atoms with van der Waals surface area (Å²) in [6, 6.07) is 9.30. The van der Waals surface area contributed by atoms with Crippen LogP contribution in [-0.4, -0.2) is 22.7 Å². The number of aryl methyl sites for hydroxylation is 1. The van der Waals surface area contributed by atoms with Crippen LogP contribution in [0.2, 0.25) is 5.02 Å². The Bertz CT molecular complexity index is 998. The number of aliphatic carboxylic acids is 1. The molecule has 0 spiro atoms. The van der Waals surface area contributed by atoms with E-state index in [4.69, 9.17) is 26.2 Å². The molecule has 146 valence electrons. The number of aromatic amines is 1. The van der Waals surface area contributed by atoms with Crippen LogP contribution in [0, 0.1) is 6.92 Å². The topological polar surface area (TPSA) is 71.6 Å². The van der Waals surface area contributed by atoms with Crippen molar-refractivity contribution >= 4 is 28.5 Å². The Hall–Kier alpha value is -2.66. The van der Waals surface area contributed by atoms with Gasteiger partial charge in [0.15, 0.2) is 6.61 Å². The first-order valence-electron chi connectivity index (χ1n) is 9.45. The van der Waals surface area contributed by atoms with E-state index in [9.17, 15) is 4.79 Å². The second-order valence-electron chi connectivity index (χ2n) is 7.27. The van der Waals surface area contributed by atoms with Crippen molar-refractivity contribution in [1.29, 1.82) is 0 Å². The van der Waals surface area contributed by atoms with Gasteiger partial charge in [-0.1, -0.05) is 24.4 Å². The summed E-state index contributed by atoms with van der Waals surface area (Å²) >= 11 is 6.37. The van der Waals surface area contributed by atoms with Gasteiger partial charge in [0.05, 0.1) is 5.02 Å². The fourth-order valence-electron chi connectivity index (χ4n) is 3.93. The number of hydrogen-bond acceptors (Lipinski definition) is 3. The molecule has 0 atom stereocenters. The Morgan fingerprint density at radius 3 is 2.71 bits per heavy atom. The number of rotatable bonds is 6. The number of nitrogens with one attached hydrogen (secondary N) is 1. The SMILES string of the molecule is Cc1cc(OCC(=O)O)cc(Cl)c1Oc1ccc2[nH]cc(C3CCCC3)c2c1. The van der Waals surface area contributed by atoms with Crippen LogP contribution < -0.4 is 9.47 Å². The summed E-state index contributed by atoms with van der Waals surface area (Å²) in [4.78, 5) is 14.0. The van der Waals surface area contributed by atoms with E-state index >= 15 is 0 Å². The van der Waals surface area contributed by atoms with Gasteiger partial charge in [-0.2, -0.15) is 0 Å². The monoisotopic (exact) mass is 399 g/mol. The summed E-state index contributed by atoms with van der Waals surface area (Å²) in [5.74, 6) is 1.24. The molecule has 2 aromatic carbocycles. The van der Waals surface area contributed by atoms with Gasteiger partial charge in [-0.3, -0.25) is 0 Å². The van der Waals surface area contributed by atoms with Gasteiger partial charge in [-0.05, 0) is 61.1 Å². The third-order valence-electron chi connectivity index (χ3n) is 5.27. The summed E-state index contributed by atoms with van der Waals surface area (Å²) < 4.78 is 11.3. The molecule has 28 heavy (non-hydrogen) atoms. The highest BCUT2D eigenvalue weighted by Gasteiger charge is 2.20. The number of benzene rings is 2. The number of ether oxygens (including phenoxy) is 2. The molecule has 1 aliphatic carbocycles. The van der Waals surface area contributed by atoms with Crippen molar-refractivity contribution in [3.05, 3.63) is 52.7 Å². The highest BCUT2D eigenvalue weighted by atomic mass is 35.5. The molecule has 0 unspecified atom stereocenters. The molecule has 4 rings (SSSR count). The molecule has 5 nitrogen and oxygen atoms in total. The van der Waals surface area contributed by atoms with Crippen molar-refractivity contribution in [2.45, 2.75) is 38.5 Å². The highest BCUT2D eigenvalue weighted by molar-refractivity contribution is 6.32. The molecule has 3 aromatic rings. The predicted molar refractivity (Wildman–Crippen MR) is 109 cm³/mol. The van der Waals surface area contributed by atoms with Gasteiger partial charge < -0.3 is 19.6 Å². The van der Waals surface area contributed by atoms with Crippen molar-refractivity contribution in [3.63, 3.8) is 0 Å². The number of fused-ring (bicyclic) bond motifs is 1. The largest absolute Gasteiger partial charge is 0.482 e. The van der Waals surface area contributed by atoms with Crippen LogP contribution in [0.15, 0.2) is 36.5 Å². The second-order valence-corrected chi connectivity index (χ2v) is 7.68. The maximum atomic E-state index is 10.7. The van der Waals surface area contributed by atoms with Gasteiger partial charge in [-0.15, -0.1) is 0 Å². The summed E-state index contributed by atoms with van der Waals surface area (Å²) in [5, 5.41) is 10.3. The van der Waals surface area contributed by atoms with Crippen LogP contribution in [0.25, 0.3) is 10.9 Å². The molecular weight excluding hydrogens is 378 g/mol. The highest BCUT2D eigenvalue weighted by Crippen LogP contribution is 2.40. The van der Waals surface area contributed by atoms with Crippen LogP contribution in [0.5, 0.6) is 17.2 Å². The Balaban J connectivity index is 1.60. The van der Waals surface area contributed by atoms with E-state index in [2.05, 4.69) is 17.2 Å². The predicted octanol–water partition coefficient (Wildman–Crippen LogP) is 6.04. The van der Waals surface area contributed by atoms with Crippen LogP contribution in [0.4, 0.5) is 0 Å². The molecule has 0 saturated heterocycles. The van der Waals surface area contributed by atoms with Gasteiger partial charge in [-0.25, -0.2) is 4.79 Å². The lowest BCUT2D eigenvalue weighted by Crippen LogP contribution is -2.09. The van der Waals surface area contributed by atoms with E-state index in [-0.39, 0.29) is 0 Å². The van der Waals surface area contributed by atoms with E-state index < -0.39 is 12.6 Å². The normalized spacial score (nSPS) is 14.5. The first kappa shape index (κ1) is 18.7. The Morgan fingerprint density at radius 2 is 2.00 bits per heavy atom.